The smallest absolute Gasteiger partial charge is 0.241 e. The largest absolute Gasteiger partial charge is 0.385 e. The first-order valence-electron chi connectivity index (χ1n) is 6.91. The van der Waals surface area contributed by atoms with Gasteiger partial charge >= 0.3 is 0 Å². The molecule has 0 amide bonds. The van der Waals surface area contributed by atoms with Crippen LogP contribution >= 0.6 is 11.3 Å². The predicted octanol–water partition coefficient (Wildman–Crippen LogP) is 1.70. The lowest BCUT2D eigenvalue weighted by molar-refractivity contribution is 0.193. The van der Waals surface area contributed by atoms with Gasteiger partial charge in [-0.2, -0.15) is 0 Å². The molecule has 0 atom stereocenters. The van der Waals surface area contributed by atoms with Gasteiger partial charge in [0.25, 0.3) is 0 Å². The molecular formula is C13H22N2O3S2. The summed E-state index contributed by atoms with van der Waals surface area (Å²) in [5.74, 6) is 0. The highest BCUT2D eigenvalue weighted by atomic mass is 32.2. The van der Waals surface area contributed by atoms with Crippen LogP contribution in [-0.2, 0) is 21.3 Å². The van der Waals surface area contributed by atoms with Crippen LogP contribution in [0, 0.1) is 0 Å². The minimum absolute atomic E-state index is 0.377. The predicted molar refractivity (Wildman–Crippen MR) is 80.5 cm³/mol. The summed E-state index contributed by atoms with van der Waals surface area (Å²) in [5.41, 5.74) is 0. The Morgan fingerprint density at radius 1 is 1.40 bits per heavy atom. The quantitative estimate of drug-likeness (QED) is 0.645. The van der Waals surface area contributed by atoms with Crippen LogP contribution in [0.1, 0.15) is 30.6 Å². The zero-order valence-electron chi connectivity index (χ0n) is 11.7. The molecule has 0 aliphatic heterocycles. The van der Waals surface area contributed by atoms with Gasteiger partial charge in [-0.3, -0.25) is 0 Å². The van der Waals surface area contributed by atoms with Crippen molar-refractivity contribution in [2.45, 2.75) is 43.2 Å². The number of unbranched alkanes of at least 4 members (excludes halogenated alkanes) is 1. The van der Waals surface area contributed by atoms with Crippen molar-refractivity contribution in [3.05, 3.63) is 16.3 Å². The van der Waals surface area contributed by atoms with Crippen LogP contribution < -0.4 is 10.0 Å². The Kier molecular flexibility index (Phi) is 5.98. The lowest BCUT2D eigenvalue weighted by atomic mass is 10.3. The molecule has 20 heavy (non-hydrogen) atoms. The van der Waals surface area contributed by atoms with Gasteiger partial charge in [0.1, 0.15) is 0 Å². The van der Waals surface area contributed by atoms with Crippen LogP contribution in [0.25, 0.3) is 0 Å². The van der Waals surface area contributed by atoms with Crippen LogP contribution in [0.3, 0.4) is 0 Å². The van der Waals surface area contributed by atoms with Gasteiger partial charge in [-0.25, -0.2) is 13.1 Å². The molecule has 114 valence electrons. The first-order chi connectivity index (χ1) is 9.62. The van der Waals surface area contributed by atoms with E-state index in [-0.39, 0.29) is 0 Å². The number of ether oxygens (including phenoxy) is 1. The number of thiophene rings is 1. The number of sulfonamides is 1. The minimum atomic E-state index is -3.36. The molecule has 0 radical (unpaired) electrons. The first kappa shape index (κ1) is 15.9. The van der Waals surface area contributed by atoms with Crippen molar-refractivity contribution in [2.24, 2.45) is 0 Å². The Balaban J connectivity index is 1.78. The highest BCUT2D eigenvalue weighted by Gasteiger charge is 2.21. The monoisotopic (exact) mass is 318 g/mol. The maximum atomic E-state index is 12.1. The van der Waals surface area contributed by atoms with Gasteiger partial charge in [-0.1, -0.05) is 0 Å². The summed E-state index contributed by atoms with van der Waals surface area (Å²) in [6.45, 7) is 1.88. The molecule has 1 aromatic rings. The highest BCUT2D eigenvalue weighted by Crippen LogP contribution is 2.22. The fourth-order valence-corrected chi connectivity index (χ4v) is 4.09. The Morgan fingerprint density at radius 3 is 2.90 bits per heavy atom. The zero-order chi connectivity index (χ0) is 14.4. The average Bonchev–Trinajstić information content (AvgIpc) is 3.12. The van der Waals surface area contributed by atoms with Crippen molar-refractivity contribution in [1.82, 2.24) is 10.0 Å². The van der Waals surface area contributed by atoms with E-state index in [0.29, 0.717) is 24.1 Å². The van der Waals surface area contributed by atoms with Crippen LogP contribution in [0.15, 0.2) is 16.3 Å². The molecule has 1 aromatic heterocycles. The number of hydrogen-bond donors (Lipinski definition) is 2. The number of methoxy groups -OCH3 is 1. The van der Waals surface area contributed by atoms with Crippen LogP contribution in [0.4, 0.5) is 0 Å². The van der Waals surface area contributed by atoms with Gasteiger partial charge in [0, 0.05) is 43.1 Å². The van der Waals surface area contributed by atoms with E-state index >= 15 is 0 Å². The number of nitrogens with one attached hydrogen (secondary N) is 2. The lowest BCUT2D eigenvalue weighted by Crippen LogP contribution is -2.24. The summed E-state index contributed by atoms with van der Waals surface area (Å²) in [6.07, 6.45) is 4.12. The average molecular weight is 318 g/mol. The minimum Gasteiger partial charge on any atom is -0.385 e. The Bertz CT molecular complexity index is 509. The van der Waals surface area contributed by atoms with Crippen molar-refractivity contribution in [3.8, 4) is 0 Å². The van der Waals surface area contributed by atoms with E-state index in [1.807, 2.05) is 0 Å². The number of hydrogen-bond acceptors (Lipinski definition) is 5. The molecule has 7 heteroatoms. The molecule has 1 fully saturated rings. The maximum Gasteiger partial charge on any atom is 0.241 e. The molecule has 0 saturated heterocycles. The van der Waals surface area contributed by atoms with E-state index in [2.05, 4.69) is 10.0 Å². The SMILES string of the molecule is COCCCCNS(=O)(=O)c1csc(CNC2CC2)c1. The van der Waals surface area contributed by atoms with Gasteiger partial charge in [0.2, 0.25) is 10.0 Å². The fraction of sp³-hybridized carbons (Fsp3) is 0.692. The van der Waals surface area contributed by atoms with Gasteiger partial charge < -0.3 is 10.1 Å². The molecule has 1 saturated carbocycles. The third-order valence-electron chi connectivity index (χ3n) is 3.15. The summed E-state index contributed by atoms with van der Waals surface area (Å²) >= 11 is 1.49. The fourth-order valence-electron chi connectivity index (χ4n) is 1.79. The van der Waals surface area contributed by atoms with E-state index < -0.39 is 10.0 Å². The van der Waals surface area contributed by atoms with E-state index in [4.69, 9.17) is 4.74 Å². The highest BCUT2D eigenvalue weighted by molar-refractivity contribution is 7.89. The first-order valence-corrected chi connectivity index (χ1v) is 9.27. The van der Waals surface area contributed by atoms with E-state index in [1.165, 1.54) is 24.2 Å². The second kappa shape index (κ2) is 7.51. The van der Waals surface area contributed by atoms with E-state index in [1.54, 1.807) is 18.6 Å². The molecule has 1 aliphatic rings. The van der Waals surface area contributed by atoms with Crippen molar-refractivity contribution in [3.63, 3.8) is 0 Å². The maximum absolute atomic E-state index is 12.1. The van der Waals surface area contributed by atoms with Crippen molar-refractivity contribution < 1.29 is 13.2 Å². The topological polar surface area (TPSA) is 67.4 Å². The van der Waals surface area contributed by atoms with Gasteiger partial charge in [-0.15, -0.1) is 11.3 Å². The lowest BCUT2D eigenvalue weighted by Gasteiger charge is -2.04. The molecule has 2 rings (SSSR count). The van der Waals surface area contributed by atoms with Crippen molar-refractivity contribution >= 4 is 21.4 Å². The normalized spacial score (nSPS) is 15.7. The van der Waals surface area contributed by atoms with E-state index in [0.717, 1.165) is 24.3 Å². The van der Waals surface area contributed by atoms with Crippen molar-refractivity contribution in [2.75, 3.05) is 20.3 Å². The second-order valence-corrected chi connectivity index (χ2v) is 7.76. The van der Waals surface area contributed by atoms with Crippen LogP contribution in [0.2, 0.25) is 0 Å². The van der Waals surface area contributed by atoms with Gasteiger partial charge in [0.05, 0.1) is 4.90 Å². The summed E-state index contributed by atoms with van der Waals surface area (Å²) in [7, 11) is -1.71. The molecule has 5 nitrogen and oxygen atoms in total. The summed E-state index contributed by atoms with van der Waals surface area (Å²) in [6, 6.07) is 2.40. The Hall–Kier alpha value is -0.470. The van der Waals surface area contributed by atoms with Gasteiger partial charge in [-0.05, 0) is 31.7 Å². The van der Waals surface area contributed by atoms with Crippen LogP contribution in [0.5, 0.6) is 0 Å². The molecule has 1 heterocycles. The molecular weight excluding hydrogens is 296 g/mol. The van der Waals surface area contributed by atoms with Gasteiger partial charge in [0.15, 0.2) is 0 Å². The molecule has 1 aliphatic carbocycles. The third-order valence-corrected chi connectivity index (χ3v) is 5.68. The summed E-state index contributed by atoms with van der Waals surface area (Å²) in [4.78, 5) is 1.44. The Morgan fingerprint density at radius 2 is 2.20 bits per heavy atom. The zero-order valence-corrected chi connectivity index (χ0v) is 13.4. The summed E-state index contributed by atoms with van der Waals surface area (Å²) in [5, 5.41) is 5.10. The summed E-state index contributed by atoms with van der Waals surface area (Å²) < 4.78 is 31.7. The molecule has 0 unspecified atom stereocenters. The standard InChI is InChI=1S/C13H22N2O3S2/c1-18-7-3-2-6-15-20(16,17)13-8-12(19-10-13)9-14-11-4-5-11/h8,10-11,14-15H,2-7,9H2,1H3. The molecule has 2 N–H and O–H groups in total. The molecule has 0 bridgehead atoms. The molecule has 0 spiro atoms. The second-order valence-electron chi connectivity index (χ2n) is 5.00. The van der Waals surface area contributed by atoms with E-state index in [9.17, 15) is 8.42 Å². The third kappa shape index (κ3) is 5.14. The molecule has 0 aromatic carbocycles. The Labute approximate surface area is 124 Å². The number of rotatable bonds is 10. The van der Waals surface area contributed by atoms with Crippen LogP contribution in [-0.4, -0.2) is 34.7 Å². The van der Waals surface area contributed by atoms with Crippen molar-refractivity contribution in [1.29, 1.82) is 0 Å².